The third kappa shape index (κ3) is 5.79. The van der Waals surface area contributed by atoms with Gasteiger partial charge in [-0.15, -0.1) is 0 Å². The second kappa shape index (κ2) is 8.39. The first-order chi connectivity index (χ1) is 9.13. The molecule has 0 spiro atoms. The third-order valence-corrected chi connectivity index (χ3v) is 3.67. The zero-order chi connectivity index (χ0) is 14.1. The molecule has 0 aromatic carbocycles. The summed E-state index contributed by atoms with van der Waals surface area (Å²) in [6.07, 6.45) is 4.25. The molecule has 1 aromatic rings. The van der Waals surface area contributed by atoms with Gasteiger partial charge in [0, 0.05) is 13.1 Å². The molecule has 0 aliphatic carbocycles. The van der Waals surface area contributed by atoms with Gasteiger partial charge in [-0.2, -0.15) is 0 Å². The van der Waals surface area contributed by atoms with E-state index in [0.29, 0.717) is 5.41 Å². The summed E-state index contributed by atoms with van der Waals surface area (Å²) in [5, 5.41) is 3.51. The Balaban J connectivity index is 2.58. The predicted octanol–water partition coefficient (Wildman–Crippen LogP) is 3.52. The minimum absolute atomic E-state index is 0.341. The Morgan fingerprint density at radius 2 is 2.11 bits per heavy atom. The van der Waals surface area contributed by atoms with Crippen LogP contribution in [-0.2, 0) is 6.54 Å². The lowest BCUT2D eigenvalue weighted by Crippen LogP contribution is -2.42. The number of furan rings is 1. The van der Waals surface area contributed by atoms with E-state index < -0.39 is 0 Å². The fraction of sp³-hybridized carbons (Fsp3) is 0.750. The Hall–Kier alpha value is -0.800. The molecule has 110 valence electrons. The molecule has 0 amide bonds. The van der Waals surface area contributed by atoms with E-state index >= 15 is 0 Å². The van der Waals surface area contributed by atoms with E-state index in [1.807, 2.05) is 6.07 Å². The van der Waals surface area contributed by atoms with Crippen molar-refractivity contribution in [3.8, 4) is 0 Å². The second-order valence-electron chi connectivity index (χ2n) is 5.72. The maximum atomic E-state index is 5.46. The summed E-state index contributed by atoms with van der Waals surface area (Å²) in [6, 6.07) is 4.02. The van der Waals surface area contributed by atoms with Crippen LogP contribution in [0.25, 0.3) is 0 Å². The van der Waals surface area contributed by atoms with Gasteiger partial charge < -0.3 is 9.73 Å². The van der Waals surface area contributed by atoms with Crippen LogP contribution in [-0.4, -0.2) is 31.1 Å². The zero-order valence-electron chi connectivity index (χ0n) is 13.0. The molecule has 0 radical (unpaired) electrons. The van der Waals surface area contributed by atoms with Gasteiger partial charge in [-0.25, -0.2) is 0 Å². The van der Waals surface area contributed by atoms with Crippen LogP contribution in [0.1, 0.15) is 46.3 Å². The third-order valence-electron chi connectivity index (χ3n) is 3.67. The minimum atomic E-state index is 0.341. The number of nitrogens with zero attached hydrogens (tertiary/aromatic N) is 1. The van der Waals surface area contributed by atoms with Gasteiger partial charge in [0.25, 0.3) is 0 Å². The van der Waals surface area contributed by atoms with Crippen molar-refractivity contribution in [3.63, 3.8) is 0 Å². The molecule has 1 rings (SSSR count). The summed E-state index contributed by atoms with van der Waals surface area (Å²) in [5.41, 5.74) is 0.341. The van der Waals surface area contributed by atoms with Crippen LogP contribution in [0.2, 0.25) is 0 Å². The van der Waals surface area contributed by atoms with E-state index in [2.05, 4.69) is 44.0 Å². The molecule has 0 fully saturated rings. The number of hydrogen-bond donors (Lipinski definition) is 1. The number of nitrogens with one attached hydrogen (secondary N) is 1. The van der Waals surface area contributed by atoms with Crippen LogP contribution >= 0.6 is 0 Å². The topological polar surface area (TPSA) is 28.4 Å². The maximum Gasteiger partial charge on any atom is 0.117 e. The van der Waals surface area contributed by atoms with E-state index in [4.69, 9.17) is 4.42 Å². The van der Waals surface area contributed by atoms with Crippen molar-refractivity contribution >= 4 is 0 Å². The summed E-state index contributed by atoms with van der Waals surface area (Å²) in [6.45, 7) is 14.3. The van der Waals surface area contributed by atoms with Gasteiger partial charge in [-0.05, 0) is 37.1 Å². The van der Waals surface area contributed by atoms with E-state index in [0.717, 1.165) is 38.5 Å². The van der Waals surface area contributed by atoms with Crippen LogP contribution in [0.5, 0.6) is 0 Å². The highest BCUT2D eigenvalue weighted by Gasteiger charge is 2.25. The summed E-state index contributed by atoms with van der Waals surface area (Å²) in [5.74, 6) is 1.06. The molecule has 1 heterocycles. The normalized spacial score (nSPS) is 14.8. The van der Waals surface area contributed by atoms with Crippen LogP contribution in [0.4, 0.5) is 0 Å². The Kier molecular flexibility index (Phi) is 7.17. The fourth-order valence-corrected chi connectivity index (χ4v) is 2.70. The molecule has 1 unspecified atom stereocenters. The molecule has 0 aliphatic heterocycles. The highest BCUT2D eigenvalue weighted by molar-refractivity contribution is 4.98. The standard InChI is InChI=1S/C16H30N2O/c1-5-10-16(4,13-17-6-2)14-18(7-3)12-15-9-8-11-19-15/h8-9,11,17H,5-7,10,12-14H2,1-4H3. The first kappa shape index (κ1) is 16.3. The highest BCUT2D eigenvalue weighted by atomic mass is 16.3. The van der Waals surface area contributed by atoms with Crippen LogP contribution in [0.3, 0.4) is 0 Å². The zero-order valence-corrected chi connectivity index (χ0v) is 13.0. The first-order valence-corrected chi connectivity index (χ1v) is 7.59. The van der Waals surface area contributed by atoms with E-state index in [-0.39, 0.29) is 0 Å². The average molecular weight is 266 g/mol. The van der Waals surface area contributed by atoms with Gasteiger partial charge in [0.2, 0.25) is 0 Å². The Morgan fingerprint density at radius 1 is 1.32 bits per heavy atom. The lowest BCUT2D eigenvalue weighted by molar-refractivity contribution is 0.142. The van der Waals surface area contributed by atoms with Crippen molar-refractivity contribution in [3.05, 3.63) is 24.2 Å². The van der Waals surface area contributed by atoms with Crippen molar-refractivity contribution in [1.82, 2.24) is 10.2 Å². The second-order valence-corrected chi connectivity index (χ2v) is 5.72. The molecule has 1 aromatic heterocycles. The van der Waals surface area contributed by atoms with Crippen molar-refractivity contribution < 1.29 is 4.42 Å². The Bertz CT molecular complexity index is 323. The summed E-state index contributed by atoms with van der Waals surface area (Å²) in [4.78, 5) is 2.48. The quantitative estimate of drug-likeness (QED) is 0.702. The van der Waals surface area contributed by atoms with Gasteiger partial charge in [0.1, 0.15) is 5.76 Å². The molecule has 19 heavy (non-hydrogen) atoms. The summed E-state index contributed by atoms with van der Waals surface area (Å²) in [7, 11) is 0. The lowest BCUT2D eigenvalue weighted by Gasteiger charge is -2.35. The minimum Gasteiger partial charge on any atom is -0.468 e. The average Bonchev–Trinajstić information content (AvgIpc) is 2.89. The van der Waals surface area contributed by atoms with Crippen molar-refractivity contribution in [2.24, 2.45) is 5.41 Å². The predicted molar refractivity (Wildman–Crippen MR) is 81.2 cm³/mol. The molecule has 3 nitrogen and oxygen atoms in total. The Labute approximate surface area is 118 Å². The van der Waals surface area contributed by atoms with Crippen molar-refractivity contribution in [1.29, 1.82) is 0 Å². The molecular formula is C16H30N2O. The Morgan fingerprint density at radius 3 is 2.63 bits per heavy atom. The van der Waals surface area contributed by atoms with Gasteiger partial charge >= 0.3 is 0 Å². The van der Waals surface area contributed by atoms with Crippen LogP contribution < -0.4 is 5.32 Å². The number of rotatable bonds is 10. The van der Waals surface area contributed by atoms with Crippen LogP contribution in [0, 0.1) is 5.41 Å². The van der Waals surface area contributed by atoms with Crippen molar-refractivity contribution in [2.45, 2.75) is 47.1 Å². The SMILES string of the molecule is CCCC(C)(CNCC)CN(CC)Cc1ccco1. The van der Waals surface area contributed by atoms with Crippen LogP contribution in [0.15, 0.2) is 22.8 Å². The molecule has 3 heteroatoms. The smallest absolute Gasteiger partial charge is 0.117 e. The highest BCUT2D eigenvalue weighted by Crippen LogP contribution is 2.24. The monoisotopic (exact) mass is 266 g/mol. The van der Waals surface area contributed by atoms with Gasteiger partial charge in [-0.3, -0.25) is 4.90 Å². The van der Waals surface area contributed by atoms with E-state index in [1.54, 1.807) is 6.26 Å². The molecular weight excluding hydrogens is 236 g/mol. The molecule has 0 bridgehead atoms. The molecule has 0 saturated heterocycles. The van der Waals surface area contributed by atoms with E-state index in [1.165, 1.54) is 12.8 Å². The summed E-state index contributed by atoms with van der Waals surface area (Å²) < 4.78 is 5.46. The first-order valence-electron chi connectivity index (χ1n) is 7.59. The van der Waals surface area contributed by atoms with Gasteiger partial charge in [-0.1, -0.05) is 34.1 Å². The fourth-order valence-electron chi connectivity index (χ4n) is 2.70. The number of hydrogen-bond acceptors (Lipinski definition) is 3. The van der Waals surface area contributed by atoms with E-state index in [9.17, 15) is 0 Å². The maximum absolute atomic E-state index is 5.46. The van der Waals surface area contributed by atoms with Crippen molar-refractivity contribution in [2.75, 3.05) is 26.2 Å². The molecule has 1 N–H and O–H groups in total. The molecule has 0 aliphatic rings. The lowest BCUT2D eigenvalue weighted by atomic mass is 9.84. The van der Waals surface area contributed by atoms with Gasteiger partial charge in [0.05, 0.1) is 12.8 Å². The molecule has 0 saturated carbocycles. The largest absolute Gasteiger partial charge is 0.468 e. The summed E-state index contributed by atoms with van der Waals surface area (Å²) >= 11 is 0. The van der Waals surface area contributed by atoms with Gasteiger partial charge in [0.15, 0.2) is 0 Å². The molecule has 1 atom stereocenters.